The number of aromatic nitrogens is 1. The van der Waals surface area contributed by atoms with Crippen molar-refractivity contribution in [1.29, 1.82) is 0 Å². The van der Waals surface area contributed by atoms with Gasteiger partial charge in [-0.05, 0) is 19.1 Å². The number of β-lactam (4-membered cyclic amide) rings is 1. The van der Waals surface area contributed by atoms with E-state index in [9.17, 15) is 37.3 Å². The lowest BCUT2D eigenvalue weighted by Gasteiger charge is -2.41. The molecule has 0 bridgehead atoms. The van der Waals surface area contributed by atoms with Gasteiger partial charge in [-0.15, -0.1) is 0 Å². The number of hydrogen-bond donors (Lipinski definition) is 3. The Labute approximate surface area is 220 Å². The standard InChI is InChI=1S/C22H25FN6O9S/c1-2-27-9-13(21(32)33)19(30)12-7-14(23)16(8-15(12)27)28-5-3-26(4-6-28)11-25-18-17(10-38-22(24)34)29(20(18)31)39(35,36)37/h7-9,11,17-18H,2-6,10H2,1H3,(H2,24,34)(H,32,33)(H,35,36,37)/t17-,18+/m1/s1. The molecule has 0 radical (unpaired) electrons. The Balaban J connectivity index is 1.49. The van der Waals surface area contributed by atoms with E-state index in [1.54, 1.807) is 21.3 Å². The molecule has 2 aliphatic rings. The molecule has 4 N–H and O–H groups in total. The summed E-state index contributed by atoms with van der Waals surface area (Å²) in [6, 6.07) is 0.0491. The fourth-order valence-corrected chi connectivity index (χ4v) is 5.43. The number of halogens is 1. The highest BCUT2D eigenvalue weighted by Gasteiger charge is 2.54. The van der Waals surface area contributed by atoms with Crippen LogP contribution in [0.25, 0.3) is 10.9 Å². The maximum atomic E-state index is 15.1. The molecule has 15 nitrogen and oxygen atoms in total. The highest BCUT2D eigenvalue weighted by Crippen LogP contribution is 2.28. The third-order valence-electron chi connectivity index (χ3n) is 6.55. The fourth-order valence-electron chi connectivity index (χ4n) is 4.58. The number of pyridine rings is 1. The van der Waals surface area contributed by atoms with Crippen molar-refractivity contribution in [2.75, 3.05) is 37.7 Å². The monoisotopic (exact) mass is 568 g/mol. The topological polar surface area (TPSA) is 205 Å². The van der Waals surface area contributed by atoms with Crippen molar-refractivity contribution in [1.82, 2.24) is 13.8 Å². The van der Waals surface area contributed by atoms with E-state index >= 15 is 4.39 Å². The summed E-state index contributed by atoms with van der Waals surface area (Å²) in [5.41, 5.74) is 4.30. The van der Waals surface area contributed by atoms with Crippen molar-refractivity contribution in [3.05, 3.63) is 39.9 Å². The first-order valence-corrected chi connectivity index (χ1v) is 13.1. The number of carbonyl (C=O) groups is 3. The zero-order valence-corrected chi connectivity index (χ0v) is 21.4. The Morgan fingerprint density at radius 1 is 1.23 bits per heavy atom. The molecule has 1 aromatic carbocycles. The zero-order chi connectivity index (χ0) is 28.6. The predicted molar refractivity (Wildman–Crippen MR) is 135 cm³/mol. The quantitative estimate of drug-likeness (QED) is 0.160. The van der Waals surface area contributed by atoms with Gasteiger partial charge in [-0.3, -0.25) is 19.1 Å². The van der Waals surface area contributed by atoms with E-state index in [0.717, 1.165) is 6.07 Å². The van der Waals surface area contributed by atoms with E-state index in [0.29, 0.717) is 38.2 Å². The molecule has 0 aliphatic carbocycles. The molecule has 39 heavy (non-hydrogen) atoms. The van der Waals surface area contributed by atoms with Crippen LogP contribution in [0.4, 0.5) is 14.9 Å². The van der Waals surface area contributed by atoms with E-state index in [2.05, 4.69) is 9.73 Å². The van der Waals surface area contributed by atoms with Gasteiger partial charge in [-0.25, -0.2) is 18.3 Å². The molecule has 2 aliphatic heterocycles. The van der Waals surface area contributed by atoms with Gasteiger partial charge in [-0.2, -0.15) is 8.42 Å². The lowest BCUT2D eigenvalue weighted by molar-refractivity contribution is -0.142. The molecular weight excluding hydrogens is 543 g/mol. The van der Waals surface area contributed by atoms with E-state index in [4.69, 9.17) is 5.73 Å². The van der Waals surface area contributed by atoms with Gasteiger partial charge in [0.25, 0.3) is 5.91 Å². The molecule has 4 rings (SSSR count). The van der Waals surface area contributed by atoms with Gasteiger partial charge in [0.05, 0.1) is 17.5 Å². The maximum absolute atomic E-state index is 15.1. The lowest BCUT2D eigenvalue weighted by Crippen LogP contribution is -2.67. The van der Waals surface area contributed by atoms with Crippen LogP contribution in [0.5, 0.6) is 0 Å². The minimum atomic E-state index is -4.89. The Bertz CT molecular complexity index is 1530. The summed E-state index contributed by atoms with van der Waals surface area (Å²) in [6.45, 7) is 2.85. The average molecular weight is 569 g/mol. The van der Waals surface area contributed by atoms with Gasteiger partial charge in [0, 0.05) is 44.3 Å². The summed E-state index contributed by atoms with van der Waals surface area (Å²) in [4.78, 5) is 54.7. The Kier molecular flexibility index (Phi) is 7.47. The van der Waals surface area contributed by atoms with E-state index < -0.39 is 63.8 Å². The smallest absolute Gasteiger partial charge is 0.404 e. The fraction of sp³-hybridized carbons (Fsp3) is 0.409. The third-order valence-corrected chi connectivity index (χ3v) is 7.49. The summed E-state index contributed by atoms with van der Waals surface area (Å²) < 4.78 is 53.6. The number of fused-ring (bicyclic) bond motifs is 1. The second kappa shape index (κ2) is 10.5. The van der Waals surface area contributed by atoms with Gasteiger partial charge >= 0.3 is 22.4 Å². The largest absolute Gasteiger partial charge is 0.477 e. The third kappa shape index (κ3) is 5.35. The SMILES string of the molecule is CCn1cc(C(=O)O)c(=O)c2cc(F)c(N3CCN(C=N[C@@H]4C(=O)N(S(=O)(=O)O)[C@@H]4COC(N)=O)CC3)cc21. The second-order valence-electron chi connectivity index (χ2n) is 8.83. The number of hydrogen-bond acceptors (Lipinski definition) is 9. The average Bonchev–Trinajstić information content (AvgIpc) is 2.86. The van der Waals surface area contributed by atoms with Crippen LogP contribution >= 0.6 is 0 Å². The van der Waals surface area contributed by atoms with Crippen LogP contribution in [0.2, 0.25) is 0 Å². The van der Waals surface area contributed by atoms with Gasteiger partial charge in [0.1, 0.15) is 24.0 Å². The first-order valence-electron chi connectivity index (χ1n) is 11.7. The van der Waals surface area contributed by atoms with Crippen molar-refractivity contribution in [3.63, 3.8) is 0 Å². The van der Waals surface area contributed by atoms with Gasteiger partial charge < -0.3 is 29.9 Å². The number of benzene rings is 1. The summed E-state index contributed by atoms with van der Waals surface area (Å²) in [6.07, 6.45) is 1.37. The number of aliphatic imine (C=N–C) groups is 1. The Morgan fingerprint density at radius 2 is 1.90 bits per heavy atom. The van der Waals surface area contributed by atoms with Gasteiger partial charge in [0.2, 0.25) is 5.43 Å². The predicted octanol–water partition coefficient (Wildman–Crippen LogP) is -0.513. The van der Waals surface area contributed by atoms with Crippen LogP contribution in [0.15, 0.2) is 28.1 Å². The normalized spacial score (nSPS) is 20.0. The molecule has 2 atom stereocenters. The number of piperazine rings is 1. The Hall–Kier alpha value is -4.25. The maximum Gasteiger partial charge on any atom is 0.404 e. The van der Waals surface area contributed by atoms with Crippen LogP contribution < -0.4 is 16.1 Å². The molecule has 0 spiro atoms. The van der Waals surface area contributed by atoms with Gasteiger partial charge in [0.15, 0.2) is 6.04 Å². The molecule has 0 saturated carbocycles. The molecule has 2 fully saturated rings. The minimum absolute atomic E-state index is 0.0391. The number of rotatable bonds is 8. The van der Waals surface area contributed by atoms with Crippen LogP contribution in [0, 0.1) is 5.82 Å². The van der Waals surface area contributed by atoms with Crippen LogP contribution in [-0.2, 0) is 26.4 Å². The molecule has 3 heterocycles. The van der Waals surface area contributed by atoms with Crippen LogP contribution in [0.3, 0.4) is 0 Å². The molecule has 2 amide bonds. The number of aromatic carboxylic acids is 1. The second-order valence-corrected chi connectivity index (χ2v) is 10.1. The number of ether oxygens (including phenoxy) is 1. The summed E-state index contributed by atoms with van der Waals surface area (Å²) in [5.74, 6) is -3.08. The lowest BCUT2D eigenvalue weighted by atomic mass is 10.0. The first-order chi connectivity index (χ1) is 18.3. The zero-order valence-electron chi connectivity index (χ0n) is 20.6. The first kappa shape index (κ1) is 27.8. The Morgan fingerprint density at radius 3 is 2.46 bits per heavy atom. The van der Waals surface area contributed by atoms with Crippen molar-refractivity contribution < 1.29 is 41.6 Å². The molecule has 210 valence electrons. The number of carboxylic acid groups (broad SMARTS) is 1. The number of nitrogens with two attached hydrogens (primary N) is 1. The number of carboxylic acids is 1. The highest BCUT2D eigenvalue weighted by molar-refractivity contribution is 7.84. The van der Waals surface area contributed by atoms with Crippen molar-refractivity contribution in [2.45, 2.75) is 25.6 Å². The van der Waals surface area contributed by atoms with Gasteiger partial charge in [-0.1, -0.05) is 0 Å². The molecule has 17 heteroatoms. The minimum Gasteiger partial charge on any atom is -0.477 e. The summed E-state index contributed by atoms with van der Waals surface area (Å²) in [7, 11) is -4.89. The number of aryl methyl sites for hydroxylation is 1. The molecule has 2 saturated heterocycles. The molecule has 1 aromatic heterocycles. The summed E-state index contributed by atoms with van der Waals surface area (Å²) >= 11 is 0. The van der Waals surface area contributed by atoms with Crippen molar-refractivity contribution >= 4 is 51.2 Å². The number of carbonyl (C=O) groups excluding carboxylic acids is 2. The van der Waals surface area contributed by atoms with Crippen LogP contribution in [-0.4, -0.2) is 101 Å². The number of nitrogens with zero attached hydrogens (tertiary/aromatic N) is 5. The molecular formula is C22H25FN6O9S. The molecule has 0 unspecified atom stereocenters. The van der Waals surface area contributed by atoms with Crippen molar-refractivity contribution in [3.8, 4) is 0 Å². The van der Waals surface area contributed by atoms with E-state index in [1.807, 2.05) is 0 Å². The highest BCUT2D eigenvalue weighted by atomic mass is 32.2. The number of amides is 2. The van der Waals surface area contributed by atoms with Crippen molar-refractivity contribution in [2.24, 2.45) is 10.7 Å². The van der Waals surface area contributed by atoms with E-state index in [-0.39, 0.29) is 15.4 Å². The van der Waals surface area contributed by atoms with Crippen LogP contribution in [0.1, 0.15) is 17.3 Å². The molecule has 2 aromatic rings. The number of anilines is 1. The summed E-state index contributed by atoms with van der Waals surface area (Å²) in [5, 5.41) is 9.27. The van der Waals surface area contributed by atoms with E-state index in [1.165, 1.54) is 18.6 Å². The number of primary amides is 1.